The number of nitrogens with zero attached hydrogens (tertiary/aromatic N) is 1. The van der Waals surface area contributed by atoms with Gasteiger partial charge in [0.05, 0.1) is 4.47 Å². The van der Waals surface area contributed by atoms with Crippen molar-refractivity contribution in [1.29, 1.82) is 0 Å². The summed E-state index contributed by atoms with van der Waals surface area (Å²) in [5, 5.41) is 3.30. The van der Waals surface area contributed by atoms with Crippen LogP contribution in [0.5, 0.6) is 11.6 Å². The fraction of sp³-hybridized carbons (Fsp3) is 0.267. The molecular weight excluding hydrogens is 323 g/mol. The number of aromatic nitrogens is 1. The lowest BCUT2D eigenvalue weighted by Crippen LogP contribution is -2.14. The van der Waals surface area contributed by atoms with Crippen LogP contribution in [0.2, 0.25) is 0 Å². The summed E-state index contributed by atoms with van der Waals surface area (Å²) in [6, 6.07) is 8.12. The van der Waals surface area contributed by atoms with Gasteiger partial charge in [-0.1, -0.05) is 13.0 Å². The van der Waals surface area contributed by atoms with Gasteiger partial charge >= 0.3 is 0 Å². The molecule has 0 aliphatic carbocycles. The van der Waals surface area contributed by atoms with Crippen LogP contribution in [0.1, 0.15) is 18.9 Å². The largest absolute Gasteiger partial charge is 0.437 e. The van der Waals surface area contributed by atoms with Gasteiger partial charge in [-0.2, -0.15) is 0 Å². The molecule has 20 heavy (non-hydrogen) atoms. The van der Waals surface area contributed by atoms with Crippen molar-refractivity contribution in [2.45, 2.75) is 19.9 Å². The molecule has 0 radical (unpaired) electrons. The maximum absolute atomic E-state index is 13.3. The molecule has 3 nitrogen and oxygen atoms in total. The maximum Gasteiger partial charge on any atom is 0.223 e. The quantitative estimate of drug-likeness (QED) is 0.798. The van der Waals surface area contributed by atoms with E-state index in [1.165, 1.54) is 12.1 Å². The fourth-order valence-electron chi connectivity index (χ4n) is 1.71. The monoisotopic (exact) mass is 338 g/mol. The zero-order valence-electron chi connectivity index (χ0n) is 11.2. The van der Waals surface area contributed by atoms with E-state index < -0.39 is 0 Å². The van der Waals surface area contributed by atoms with Crippen molar-refractivity contribution in [3.8, 4) is 11.6 Å². The van der Waals surface area contributed by atoms with Crippen LogP contribution < -0.4 is 10.1 Å². The minimum Gasteiger partial charge on any atom is -0.437 e. The summed E-state index contributed by atoms with van der Waals surface area (Å²) >= 11 is 3.34. The summed E-state index contributed by atoms with van der Waals surface area (Å²) < 4.78 is 19.7. The Kier molecular flexibility index (Phi) is 5.49. The summed E-state index contributed by atoms with van der Waals surface area (Å²) in [6.07, 6.45) is 2.72. The van der Waals surface area contributed by atoms with Gasteiger partial charge in [-0.3, -0.25) is 0 Å². The number of ether oxygens (including phenoxy) is 1. The zero-order chi connectivity index (χ0) is 14.4. The van der Waals surface area contributed by atoms with E-state index in [2.05, 4.69) is 33.2 Å². The second kappa shape index (κ2) is 7.36. The minimum atomic E-state index is -0.343. The molecule has 2 aromatic rings. The van der Waals surface area contributed by atoms with Crippen molar-refractivity contribution in [3.63, 3.8) is 0 Å². The molecule has 0 unspecified atom stereocenters. The molecule has 106 valence electrons. The van der Waals surface area contributed by atoms with Crippen LogP contribution in [0.3, 0.4) is 0 Å². The van der Waals surface area contributed by atoms with Gasteiger partial charge in [-0.25, -0.2) is 9.37 Å². The van der Waals surface area contributed by atoms with E-state index in [1.54, 1.807) is 12.3 Å². The molecular formula is C15H16BrFN2O. The van der Waals surface area contributed by atoms with Crippen LogP contribution in [0.4, 0.5) is 4.39 Å². The van der Waals surface area contributed by atoms with Gasteiger partial charge in [-0.15, -0.1) is 0 Å². The van der Waals surface area contributed by atoms with Gasteiger partial charge < -0.3 is 10.1 Å². The highest BCUT2D eigenvalue weighted by Gasteiger charge is 2.09. The van der Waals surface area contributed by atoms with Crippen LogP contribution in [0.25, 0.3) is 0 Å². The fourth-order valence-corrected chi connectivity index (χ4v) is 2.04. The van der Waals surface area contributed by atoms with Crippen LogP contribution in [-0.2, 0) is 6.54 Å². The van der Waals surface area contributed by atoms with Crippen LogP contribution in [0.15, 0.2) is 41.0 Å². The molecule has 0 saturated carbocycles. The molecule has 0 saturated heterocycles. The number of pyridine rings is 1. The summed E-state index contributed by atoms with van der Waals surface area (Å²) in [7, 11) is 0. The highest BCUT2D eigenvalue weighted by molar-refractivity contribution is 9.10. The van der Waals surface area contributed by atoms with Gasteiger partial charge in [0.2, 0.25) is 5.88 Å². The Morgan fingerprint density at radius 1 is 1.35 bits per heavy atom. The van der Waals surface area contributed by atoms with Gasteiger partial charge in [0.25, 0.3) is 0 Å². The van der Waals surface area contributed by atoms with Crippen LogP contribution >= 0.6 is 15.9 Å². The first-order valence-electron chi connectivity index (χ1n) is 6.48. The Balaban J connectivity index is 2.18. The van der Waals surface area contributed by atoms with Gasteiger partial charge in [0.1, 0.15) is 11.6 Å². The number of hydrogen-bond acceptors (Lipinski definition) is 3. The highest BCUT2D eigenvalue weighted by Crippen LogP contribution is 2.30. The molecule has 1 aromatic carbocycles. The van der Waals surface area contributed by atoms with Crippen LogP contribution in [-0.4, -0.2) is 11.5 Å². The van der Waals surface area contributed by atoms with Crippen LogP contribution in [0, 0.1) is 5.82 Å². The van der Waals surface area contributed by atoms with Crippen molar-refractivity contribution in [3.05, 3.63) is 52.4 Å². The van der Waals surface area contributed by atoms with Gasteiger partial charge in [-0.05, 0) is 47.1 Å². The molecule has 0 fully saturated rings. The molecule has 1 N–H and O–H groups in total. The maximum atomic E-state index is 13.3. The van der Waals surface area contributed by atoms with E-state index >= 15 is 0 Å². The average molecular weight is 339 g/mol. The predicted molar refractivity (Wildman–Crippen MR) is 80.4 cm³/mol. The van der Waals surface area contributed by atoms with E-state index in [-0.39, 0.29) is 5.82 Å². The Morgan fingerprint density at radius 2 is 2.20 bits per heavy atom. The topological polar surface area (TPSA) is 34.2 Å². The lowest BCUT2D eigenvalue weighted by molar-refractivity contribution is 0.446. The van der Waals surface area contributed by atoms with Crippen molar-refractivity contribution >= 4 is 15.9 Å². The van der Waals surface area contributed by atoms with Gasteiger partial charge in [0.15, 0.2) is 0 Å². The average Bonchev–Trinajstić information content (AvgIpc) is 2.45. The number of benzene rings is 1. The zero-order valence-corrected chi connectivity index (χ0v) is 12.8. The third kappa shape index (κ3) is 4.02. The van der Waals surface area contributed by atoms with E-state index in [4.69, 9.17) is 4.74 Å². The molecule has 0 spiro atoms. The van der Waals surface area contributed by atoms with E-state index in [0.717, 1.165) is 18.5 Å². The van der Waals surface area contributed by atoms with Crippen molar-refractivity contribution in [2.75, 3.05) is 6.54 Å². The first-order chi connectivity index (χ1) is 9.70. The Labute approximate surface area is 126 Å². The smallest absolute Gasteiger partial charge is 0.223 e. The summed E-state index contributed by atoms with van der Waals surface area (Å²) in [5.74, 6) is 0.563. The van der Waals surface area contributed by atoms with E-state index in [0.29, 0.717) is 22.6 Å². The molecule has 5 heteroatoms. The Bertz CT molecular complexity index is 578. The Morgan fingerprint density at radius 3 is 3.00 bits per heavy atom. The highest BCUT2D eigenvalue weighted by atomic mass is 79.9. The lowest BCUT2D eigenvalue weighted by atomic mass is 10.2. The lowest BCUT2D eigenvalue weighted by Gasteiger charge is -2.11. The summed E-state index contributed by atoms with van der Waals surface area (Å²) in [4.78, 5) is 4.22. The number of halogens is 2. The third-order valence-electron chi connectivity index (χ3n) is 2.69. The molecule has 0 amide bonds. The molecule has 0 aliphatic rings. The molecule has 1 aromatic heterocycles. The number of hydrogen-bond donors (Lipinski definition) is 1. The SMILES string of the molecule is CCCNCc1cccnc1Oc1cc(F)ccc1Br. The first kappa shape index (κ1) is 14.9. The molecule has 0 aliphatic heterocycles. The second-order valence-electron chi connectivity index (χ2n) is 4.32. The van der Waals surface area contributed by atoms with Crippen molar-refractivity contribution in [1.82, 2.24) is 10.3 Å². The molecule has 0 bridgehead atoms. The summed E-state index contributed by atoms with van der Waals surface area (Å²) in [5.41, 5.74) is 0.942. The molecule has 0 atom stereocenters. The standard InChI is InChI=1S/C15H16BrFN2O/c1-2-7-18-10-11-4-3-8-19-15(11)20-14-9-12(17)5-6-13(14)16/h3-6,8-9,18H,2,7,10H2,1H3. The molecule has 1 heterocycles. The normalized spacial score (nSPS) is 10.6. The van der Waals surface area contributed by atoms with Crippen molar-refractivity contribution < 1.29 is 9.13 Å². The number of nitrogens with one attached hydrogen (secondary N) is 1. The Hall–Kier alpha value is -1.46. The van der Waals surface area contributed by atoms with E-state index in [1.807, 2.05) is 12.1 Å². The second-order valence-corrected chi connectivity index (χ2v) is 5.18. The number of rotatable bonds is 6. The van der Waals surface area contributed by atoms with E-state index in [9.17, 15) is 4.39 Å². The third-order valence-corrected chi connectivity index (χ3v) is 3.35. The van der Waals surface area contributed by atoms with Crippen molar-refractivity contribution in [2.24, 2.45) is 0 Å². The first-order valence-corrected chi connectivity index (χ1v) is 7.27. The predicted octanol–water partition coefficient (Wildman–Crippen LogP) is 4.28. The molecule has 2 rings (SSSR count). The minimum absolute atomic E-state index is 0.343. The van der Waals surface area contributed by atoms with Gasteiger partial charge in [0, 0.05) is 24.4 Å². The summed E-state index contributed by atoms with van der Waals surface area (Å²) in [6.45, 7) is 3.71.